The van der Waals surface area contributed by atoms with Crippen molar-refractivity contribution in [2.45, 2.75) is 90.9 Å². The Morgan fingerprint density at radius 3 is 1.72 bits per heavy atom. The van der Waals surface area contributed by atoms with E-state index in [-0.39, 0.29) is 5.91 Å². The van der Waals surface area contributed by atoms with Crippen LogP contribution >= 0.6 is 0 Å². The highest BCUT2D eigenvalue weighted by molar-refractivity contribution is 5.75. The molecule has 2 nitrogen and oxygen atoms in total. The minimum absolute atomic E-state index is 0.216. The maximum Gasteiger partial charge on any atom is 0.219 e. The molecule has 0 saturated carbocycles. The molecule has 1 N–H and O–H groups in total. The van der Waals surface area contributed by atoms with Gasteiger partial charge in [-0.25, -0.2) is 0 Å². The van der Waals surface area contributed by atoms with Gasteiger partial charge in [0.15, 0.2) is 0 Å². The van der Waals surface area contributed by atoms with Crippen LogP contribution in [0.4, 0.5) is 0 Å². The van der Waals surface area contributed by atoms with Crippen molar-refractivity contribution in [1.29, 1.82) is 0 Å². The summed E-state index contributed by atoms with van der Waals surface area (Å²) in [6.45, 7) is 5.18. The van der Waals surface area contributed by atoms with Crippen LogP contribution in [-0.4, -0.2) is 12.5 Å². The van der Waals surface area contributed by atoms with Crippen molar-refractivity contribution < 1.29 is 4.79 Å². The summed E-state index contributed by atoms with van der Waals surface area (Å²) in [5.74, 6) is 0.216. The van der Waals surface area contributed by atoms with Gasteiger partial charge in [0, 0.05) is 13.0 Å². The molecular formula is C16H33NO. The summed E-state index contributed by atoms with van der Waals surface area (Å²) in [6, 6.07) is 0. The summed E-state index contributed by atoms with van der Waals surface area (Å²) in [5, 5.41) is 2.97. The fourth-order valence-corrected chi connectivity index (χ4v) is 2.16. The van der Waals surface area contributed by atoms with E-state index in [1.165, 1.54) is 57.8 Å². The average molecular weight is 255 g/mol. The molecule has 0 aliphatic carbocycles. The number of hydrogen-bond donors (Lipinski definition) is 1. The lowest BCUT2D eigenvalue weighted by molar-refractivity contribution is -0.121. The lowest BCUT2D eigenvalue weighted by Crippen LogP contribution is -2.23. The van der Waals surface area contributed by atoms with E-state index in [0.29, 0.717) is 6.42 Å². The zero-order valence-electron chi connectivity index (χ0n) is 12.6. The largest absolute Gasteiger partial charge is 0.356 e. The number of nitrogens with one attached hydrogen (secondary N) is 1. The molecule has 0 atom stereocenters. The van der Waals surface area contributed by atoms with Crippen molar-refractivity contribution in [2.24, 2.45) is 0 Å². The molecule has 0 unspecified atom stereocenters. The lowest BCUT2D eigenvalue weighted by Gasteiger charge is -2.04. The second-order valence-electron chi connectivity index (χ2n) is 5.28. The van der Waals surface area contributed by atoms with Crippen LogP contribution in [0.15, 0.2) is 0 Å². The highest BCUT2D eigenvalue weighted by Crippen LogP contribution is 2.10. The van der Waals surface area contributed by atoms with Crippen LogP contribution in [0.1, 0.15) is 90.9 Å². The fourth-order valence-electron chi connectivity index (χ4n) is 2.16. The molecule has 0 fully saturated rings. The van der Waals surface area contributed by atoms with Gasteiger partial charge in [-0.3, -0.25) is 4.79 Å². The van der Waals surface area contributed by atoms with Gasteiger partial charge < -0.3 is 5.32 Å². The van der Waals surface area contributed by atoms with E-state index < -0.39 is 0 Å². The molecule has 0 radical (unpaired) electrons. The minimum atomic E-state index is 0.216. The van der Waals surface area contributed by atoms with Gasteiger partial charge in [-0.1, -0.05) is 71.6 Å². The quantitative estimate of drug-likeness (QED) is 0.469. The number of amides is 1. The van der Waals surface area contributed by atoms with Gasteiger partial charge in [0.05, 0.1) is 0 Å². The molecule has 0 aromatic carbocycles. The molecule has 0 aliphatic rings. The molecule has 0 aliphatic heterocycles. The second-order valence-corrected chi connectivity index (χ2v) is 5.28. The fraction of sp³-hybridized carbons (Fsp3) is 0.938. The zero-order valence-corrected chi connectivity index (χ0v) is 12.6. The lowest BCUT2D eigenvalue weighted by atomic mass is 10.1. The highest BCUT2D eigenvalue weighted by Gasteiger charge is 1.97. The van der Waals surface area contributed by atoms with Crippen molar-refractivity contribution >= 4 is 5.91 Å². The molecule has 0 bridgehead atoms. The average Bonchev–Trinajstić information content (AvgIpc) is 2.36. The van der Waals surface area contributed by atoms with E-state index >= 15 is 0 Å². The molecule has 108 valence electrons. The summed E-state index contributed by atoms with van der Waals surface area (Å²) >= 11 is 0. The van der Waals surface area contributed by atoms with Gasteiger partial charge in [-0.05, 0) is 12.8 Å². The topological polar surface area (TPSA) is 29.1 Å². The molecule has 0 aromatic heterocycles. The monoisotopic (exact) mass is 255 g/mol. The van der Waals surface area contributed by atoms with Gasteiger partial charge >= 0.3 is 0 Å². The maximum absolute atomic E-state index is 11.2. The SMILES string of the molecule is CCCCCCCCCCCCNC(=O)CCC. The third kappa shape index (κ3) is 13.5. The molecule has 0 rings (SSSR count). The normalized spacial score (nSPS) is 10.6. The second kappa shape index (κ2) is 14.5. The predicted octanol–water partition coefficient (Wildman–Crippen LogP) is 4.82. The van der Waals surface area contributed by atoms with Crippen LogP contribution in [-0.2, 0) is 4.79 Å². The molecule has 0 saturated heterocycles. The number of hydrogen-bond acceptors (Lipinski definition) is 1. The number of unbranched alkanes of at least 4 members (excludes halogenated alkanes) is 9. The number of carbonyl (C=O) groups excluding carboxylic acids is 1. The van der Waals surface area contributed by atoms with E-state index in [4.69, 9.17) is 0 Å². The third-order valence-corrected chi connectivity index (χ3v) is 3.33. The Morgan fingerprint density at radius 2 is 1.22 bits per heavy atom. The van der Waals surface area contributed by atoms with Gasteiger partial charge in [-0.15, -0.1) is 0 Å². The first-order valence-electron chi connectivity index (χ1n) is 8.08. The molecule has 18 heavy (non-hydrogen) atoms. The maximum atomic E-state index is 11.2. The van der Waals surface area contributed by atoms with E-state index in [9.17, 15) is 4.79 Å². The number of carbonyl (C=O) groups is 1. The van der Waals surface area contributed by atoms with Crippen molar-refractivity contribution in [3.8, 4) is 0 Å². The van der Waals surface area contributed by atoms with Crippen LogP contribution < -0.4 is 5.32 Å². The Morgan fingerprint density at radius 1 is 0.722 bits per heavy atom. The Hall–Kier alpha value is -0.530. The molecule has 2 heteroatoms. The minimum Gasteiger partial charge on any atom is -0.356 e. The standard InChI is InChI=1S/C16H33NO/c1-3-5-6-7-8-9-10-11-12-13-15-17-16(18)14-4-2/h3-15H2,1-2H3,(H,17,18). The van der Waals surface area contributed by atoms with Crippen molar-refractivity contribution in [3.05, 3.63) is 0 Å². The first kappa shape index (κ1) is 17.5. The number of rotatable bonds is 13. The van der Waals surface area contributed by atoms with E-state index in [0.717, 1.165) is 19.4 Å². The van der Waals surface area contributed by atoms with E-state index in [1.54, 1.807) is 0 Å². The Kier molecular flexibility index (Phi) is 14.1. The van der Waals surface area contributed by atoms with E-state index in [1.807, 2.05) is 6.92 Å². The predicted molar refractivity (Wildman–Crippen MR) is 79.8 cm³/mol. The summed E-state index contributed by atoms with van der Waals surface area (Å²) in [7, 11) is 0. The molecular weight excluding hydrogens is 222 g/mol. The van der Waals surface area contributed by atoms with Crippen LogP contribution in [0.25, 0.3) is 0 Å². The summed E-state index contributed by atoms with van der Waals surface area (Å²) < 4.78 is 0. The smallest absolute Gasteiger partial charge is 0.219 e. The molecule has 0 spiro atoms. The molecule has 1 amide bonds. The van der Waals surface area contributed by atoms with Gasteiger partial charge in [0.2, 0.25) is 5.91 Å². The highest BCUT2D eigenvalue weighted by atomic mass is 16.1. The summed E-state index contributed by atoms with van der Waals surface area (Å²) in [5.41, 5.74) is 0. The molecule has 0 heterocycles. The Labute approximate surface area is 114 Å². The summed E-state index contributed by atoms with van der Waals surface area (Å²) in [4.78, 5) is 11.2. The van der Waals surface area contributed by atoms with Gasteiger partial charge in [0.1, 0.15) is 0 Å². The third-order valence-electron chi connectivity index (χ3n) is 3.33. The van der Waals surface area contributed by atoms with Crippen molar-refractivity contribution in [1.82, 2.24) is 5.32 Å². The Balaban J connectivity index is 3.01. The van der Waals surface area contributed by atoms with Crippen LogP contribution in [0, 0.1) is 0 Å². The summed E-state index contributed by atoms with van der Waals surface area (Å²) in [6.07, 6.45) is 15.1. The first-order chi connectivity index (χ1) is 8.81. The van der Waals surface area contributed by atoms with Gasteiger partial charge in [0.25, 0.3) is 0 Å². The molecule has 0 aromatic rings. The first-order valence-corrected chi connectivity index (χ1v) is 8.08. The van der Waals surface area contributed by atoms with Crippen molar-refractivity contribution in [2.75, 3.05) is 6.54 Å². The van der Waals surface area contributed by atoms with Crippen LogP contribution in [0.3, 0.4) is 0 Å². The van der Waals surface area contributed by atoms with Crippen LogP contribution in [0.5, 0.6) is 0 Å². The Bertz CT molecular complexity index is 180. The zero-order chi connectivity index (χ0) is 13.5. The van der Waals surface area contributed by atoms with Crippen molar-refractivity contribution in [3.63, 3.8) is 0 Å². The van der Waals surface area contributed by atoms with Crippen LogP contribution in [0.2, 0.25) is 0 Å². The van der Waals surface area contributed by atoms with E-state index in [2.05, 4.69) is 12.2 Å². The van der Waals surface area contributed by atoms with Gasteiger partial charge in [-0.2, -0.15) is 0 Å².